The highest BCUT2D eigenvalue weighted by Crippen LogP contribution is 2.21. The summed E-state index contributed by atoms with van der Waals surface area (Å²) >= 11 is 0. The van der Waals surface area contributed by atoms with Crippen LogP contribution in [0.5, 0.6) is 0 Å². The SMILES string of the molecule is C=CCCC[C@@H](C#C[Si](C)(C)C)OC(=O)[C@H](OC(C)=O)c1ccccc1. The normalized spacial score (nSPS) is 12.9. The molecule has 26 heavy (non-hydrogen) atoms. The lowest BCUT2D eigenvalue weighted by Gasteiger charge is -2.19. The van der Waals surface area contributed by atoms with Crippen LogP contribution in [-0.2, 0) is 19.1 Å². The molecule has 2 atom stereocenters. The van der Waals surface area contributed by atoms with Gasteiger partial charge in [0, 0.05) is 12.5 Å². The molecule has 140 valence electrons. The van der Waals surface area contributed by atoms with Crippen LogP contribution >= 0.6 is 0 Å². The van der Waals surface area contributed by atoms with Gasteiger partial charge >= 0.3 is 11.9 Å². The third-order valence-corrected chi connectivity index (χ3v) is 4.24. The standard InChI is InChI=1S/C21H28O4Si/c1-6-7-9-14-19(15-16-26(3,4)5)25-21(23)20(24-17(2)22)18-12-10-8-11-13-18/h6,8,10-13,19-20H,1,7,9,14H2,2-5H3/t19-,20+/m0/s1. The van der Waals surface area contributed by atoms with Gasteiger partial charge in [-0.25, -0.2) is 4.79 Å². The molecule has 0 bridgehead atoms. The van der Waals surface area contributed by atoms with Crippen LogP contribution in [0, 0.1) is 11.5 Å². The Morgan fingerprint density at radius 1 is 1.19 bits per heavy atom. The van der Waals surface area contributed by atoms with Crippen molar-refractivity contribution in [2.45, 2.75) is 58.0 Å². The van der Waals surface area contributed by atoms with Crippen molar-refractivity contribution in [2.24, 2.45) is 0 Å². The lowest BCUT2D eigenvalue weighted by molar-refractivity contribution is -0.169. The number of unbranched alkanes of at least 4 members (excludes halogenated alkanes) is 1. The first-order valence-electron chi connectivity index (χ1n) is 8.79. The predicted octanol–water partition coefficient (Wildman–Crippen LogP) is 4.44. The summed E-state index contributed by atoms with van der Waals surface area (Å²) in [5, 5.41) is 0. The number of carbonyl (C=O) groups is 2. The Kier molecular flexibility index (Phi) is 8.87. The van der Waals surface area contributed by atoms with E-state index in [-0.39, 0.29) is 0 Å². The number of carbonyl (C=O) groups excluding carboxylic acids is 2. The van der Waals surface area contributed by atoms with Gasteiger partial charge in [-0.2, -0.15) is 0 Å². The Balaban J connectivity index is 2.96. The van der Waals surface area contributed by atoms with Gasteiger partial charge in [0.15, 0.2) is 6.10 Å². The number of hydrogen-bond donors (Lipinski definition) is 0. The first-order valence-corrected chi connectivity index (χ1v) is 12.3. The molecule has 1 rings (SSSR count). The molecule has 4 nitrogen and oxygen atoms in total. The van der Waals surface area contributed by atoms with E-state index in [0.29, 0.717) is 12.0 Å². The second-order valence-corrected chi connectivity index (χ2v) is 11.8. The van der Waals surface area contributed by atoms with Crippen LogP contribution in [0.4, 0.5) is 0 Å². The van der Waals surface area contributed by atoms with E-state index in [4.69, 9.17) is 9.47 Å². The Morgan fingerprint density at radius 2 is 1.85 bits per heavy atom. The second-order valence-electron chi connectivity index (χ2n) is 7.06. The maximum Gasteiger partial charge on any atom is 0.353 e. The van der Waals surface area contributed by atoms with E-state index >= 15 is 0 Å². The van der Waals surface area contributed by atoms with E-state index in [9.17, 15) is 9.59 Å². The minimum atomic E-state index is -1.59. The van der Waals surface area contributed by atoms with E-state index in [1.165, 1.54) is 6.92 Å². The number of esters is 2. The van der Waals surface area contributed by atoms with Crippen molar-refractivity contribution in [3.8, 4) is 11.5 Å². The van der Waals surface area contributed by atoms with Crippen molar-refractivity contribution in [1.29, 1.82) is 0 Å². The first-order chi connectivity index (χ1) is 12.2. The van der Waals surface area contributed by atoms with Gasteiger partial charge in [0.25, 0.3) is 0 Å². The Labute approximate surface area is 157 Å². The smallest absolute Gasteiger partial charge is 0.353 e. The molecule has 0 saturated heterocycles. The Bertz CT molecular complexity index is 665. The summed E-state index contributed by atoms with van der Waals surface area (Å²) in [5.41, 5.74) is 3.83. The molecule has 0 fully saturated rings. The van der Waals surface area contributed by atoms with Gasteiger partial charge in [-0.3, -0.25) is 4.79 Å². The van der Waals surface area contributed by atoms with Gasteiger partial charge in [-0.1, -0.05) is 62.0 Å². The highest BCUT2D eigenvalue weighted by Gasteiger charge is 2.27. The van der Waals surface area contributed by atoms with Crippen LogP contribution in [0.25, 0.3) is 0 Å². The molecule has 0 unspecified atom stereocenters. The lowest BCUT2D eigenvalue weighted by atomic mass is 10.1. The van der Waals surface area contributed by atoms with Crippen molar-refractivity contribution in [3.05, 3.63) is 48.6 Å². The van der Waals surface area contributed by atoms with Gasteiger partial charge < -0.3 is 9.47 Å². The van der Waals surface area contributed by atoms with Crippen LogP contribution in [-0.4, -0.2) is 26.1 Å². The van der Waals surface area contributed by atoms with Crippen LogP contribution < -0.4 is 0 Å². The van der Waals surface area contributed by atoms with Gasteiger partial charge in [0.05, 0.1) is 0 Å². The minimum Gasteiger partial charge on any atom is -0.446 e. The van der Waals surface area contributed by atoms with Gasteiger partial charge in [-0.05, 0) is 19.3 Å². The van der Waals surface area contributed by atoms with Crippen LogP contribution in [0.15, 0.2) is 43.0 Å². The third-order valence-electron chi connectivity index (χ3n) is 3.34. The van der Waals surface area contributed by atoms with Gasteiger partial charge in [0.1, 0.15) is 8.07 Å². The van der Waals surface area contributed by atoms with Crippen molar-refractivity contribution in [3.63, 3.8) is 0 Å². The quantitative estimate of drug-likeness (QED) is 0.223. The highest BCUT2D eigenvalue weighted by molar-refractivity contribution is 6.83. The molecule has 5 heteroatoms. The van der Waals surface area contributed by atoms with E-state index in [0.717, 1.165) is 12.8 Å². The molecule has 0 aliphatic carbocycles. The first kappa shape index (κ1) is 21.7. The van der Waals surface area contributed by atoms with E-state index in [1.54, 1.807) is 24.3 Å². The fourth-order valence-corrected chi connectivity index (χ4v) is 2.75. The number of rotatable bonds is 8. The number of ether oxygens (including phenoxy) is 2. The van der Waals surface area contributed by atoms with E-state index < -0.39 is 32.2 Å². The largest absolute Gasteiger partial charge is 0.446 e. The van der Waals surface area contributed by atoms with Crippen LogP contribution in [0.3, 0.4) is 0 Å². The third kappa shape index (κ3) is 8.68. The average molecular weight is 373 g/mol. The zero-order valence-electron chi connectivity index (χ0n) is 16.1. The number of benzene rings is 1. The summed E-state index contributed by atoms with van der Waals surface area (Å²) < 4.78 is 10.8. The molecular formula is C21H28O4Si. The molecule has 0 heterocycles. The zero-order chi connectivity index (χ0) is 19.6. The molecule has 0 N–H and O–H groups in total. The van der Waals surface area contributed by atoms with Crippen molar-refractivity contribution in [2.75, 3.05) is 0 Å². The lowest BCUT2D eigenvalue weighted by Crippen LogP contribution is -2.26. The van der Waals surface area contributed by atoms with Crippen LogP contribution in [0.2, 0.25) is 19.6 Å². The van der Waals surface area contributed by atoms with Crippen LogP contribution in [0.1, 0.15) is 37.9 Å². The molecule has 0 radical (unpaired) electrons. The topological polar surface area (TPSA) is 52.6 Å². The second kappa shape index (κ2) is 10.6. The molecule has 0 amide bonds. The molecule has 1 aromatic rings. The molecule has 0 aromatic heterocycles. The molecular weight excluding hydrogens is 344 g/mol. The highest BCUT2D eigenvalue weighted by atomic mass is 28.3. The van der Waals surface area contributed by atoms with E-state index in [1.807, 2.05) is 12.1 Å². The summed E-state index contributed by atoms with van der Waals surface area (Å²) in [7, 11) is -1.59. The Morgan fingerprint density at radius 3 is 2.38 bits per heavy atom. The summed E-state index contributed by atoms with van der Waals surface area (Å²) in [4.78, 5) is 24.1. The number of allylic oxidation sites excluding steroid dienone is 1. The summed E-state index contributed by atoms with van der Waals surface area (Å²) in [6, 6.07) is 8.86. The zero-order valence-corrected chi connectivity index (χ0v) is 17.1. The predicted molar refractivity (Wildman–Crippen MR) is 106 cm³/mol. The maximum absolute atomic E-state index is 12.7. The maximum atomic E-state index is 12.7. The Hall–Kier alpha value is -2.32. The van der Waals surface area contributed by atoms with Crippen molar-refractivity contribution >= 4 is 20.0 Å². The monoisotopic (exact) mass is 372 g/mol. The molecule has 0 aliphatic heterocycles. The number of hydrogen-bond acceptors (Lipinski definition) is 4. The fraction of sp³-hybridized carbons (Fsp3) is 0.429. The summed E-state index contributed by atoms with van der Waals surface area (Å²) in [5.74, 6) is 1.97. The molecule has 0 spiro atoms. The van der Waals surface area contributed by atoms with Crippen molar-refractivity contribution < 1.29 is 19.1 Å². The van der Waals surface area contributed by atoms with Gasteiger partial charge in [0.2, 0.25) is 6.10 Å². The molecule has 0 aliphatic rings. The van der Waals surface area contributed by atoms with E-state index in [2.05, 4.69) is 37.7 Å². The molecule has 1 aromatic carbocycles. The molecule has 0 saturated carbocycles. The van der Waals surface area contributed by atoms with Crippen molar-refractivity contribution in [1.82, 2.24) is 0 Å². The summed E-state index contributed by atoms with van der Waals surface area (Å²) in [6.07, 6.45) is 2.51. The fourth-order valence-electron chi connectivity index (χ4n) is 2.15. The minimum absolute atomic E-state index is 0.518. The van der Waals surface area contributed by atoms with Gasteiger partial charge in [-0.15, -0.1) is 12.1 Å². The summed E-state index contributed by atoms with van der Waals surface area (Å²) in [6.45, 7) is 11.4. The average Bonchev–Trinajstić information content (AvgIpc) is 2.57.